The molecule has 2 aliphatic rings. The molecule has 0 saturated heterocycles. The lowest BCUT2D eigenvalue weighted by atomic mass is 10.2. The largest absolute Gasteiger partial charge is 0.435 e. The molecule has 0 spiro atoms. The molecule has 2 fully saturated rings. The maximum Gasteiger partial charge on any atom is 0.435 e. The Kier molecular flexibility index (Phi) is 5.97. The van der Waals surface area contributed by atoms with E-state index in [9.17, 15) is 26.7 Å². The van der Waals surface area contributed by atoms with Crippen LogP contribution in [0.2, 0.25) is 5.02 Å². The van der Waals surface area contributed by atoms with Gasteiger partial charge in [-0.3, -0.25) is 14.2 Å². The molecule has 6 nitrogen and oxygen atoms in total. The van der Waals surface area contributed by atoms with Gasteiger partial charge in [-0.2, -0.15) is 23.4 Å². The minimum Gasteiger partial charge on any atom is -0.354 e. The van der Waals surface area contributed by atoms with Crippen LogP contribution < -0.4 is 5.32 Å². The van der Waals surface area contributed by atoms with E-state index in [2.05, 4.69) is 15.5 Å². The molecular weight excluding hydrogens is 445 g/mol. The van der Waals surface area contributed by atoms with Crippen molar-refractivity contribution < 1.29 is 26.7 Å². The Labute approximate surface area is 179 Å². The maximum atomic E-state index is 13.1. The van der Waals surface area contributed by atoms with Gasteiger partial charge >= 0.3 is 6.18 Å². The molecule has 170 valence electrons. The summed E-state index contributed by atoms with van der Waals surface area (Å²) >= 11 is 6.03. The van der Waals surface area contributed by atoms with Gasteiger partial charge < -0.3 is 5.32 Å². The van der Waals surface area contributed by atoms with Crippen LogP contribution >= 0.6 is 11.6 Å². The topological polar surface area (TPSA) is 64.7 Å². The molecular formula is C19H21ClF5N5O. The van der Waals surface area contributed by atoms with Crippen molar-refractivity contribution >= 4 is 17.5 Å². The third kappa shape index (κ3) is 5.02. The molecule has 0 atom stereocenters. The molecule has 0 bridgehead atoms. The van der Waals surface area contributed by atoms with Gasteiger partial charge in [0.2, 0.25) is 5.91 Å². The van der Waals surface area contributed by atoms with Crippen LogP contribution in [-0.4, -0.2) is 32.0 Å². The summed E-state index contributed by atoms with van der Waals surface area (Å²) in [7, 11) is 0. The molecule has 31 heavy (non-hydrogen) atoms. The van der Waals surface area contributed by atoms with Crippen molar-refractivity contribution in [2.24, 2.45) is 0 Å². The van der Waals surface area contributed by atoms with E-state index in [1.54, 1.807) is 0 Å². The standard InChI is InChI=1S/C19H21ClF5N5O/c20-15-16(18(21)22)28-30(17(15)11-4-5-11)9-14(31)26-6-1-7-29-12(10-2-3-10)8-13(27-29)19(23,24)25/h8,10-11,18H,1-7,9H2,(H,26,31). The zero-order valence-corrected chi connectivity index (χ0v) is 17.2. The number of nitrogens with zero attached hydrogens (tertiary/aromatic N) is 4. The van der Waals surface area contributed by atoms with Crippen LogP contribution in [0.5, 0.6) is 0 Å². The minimum atomic E-state index is -4.50. The molecule has 2 aliphatic carbocycles. The van der Waals surface area contributed by atoms with Gasteiger partial charge in [-0.05, 0) is 38.2 Å². The second kappa shape index (κ2) is 8.40. The van der Waals surface area contributed by atoms with Crippen LogP contribution in [0.4, 0.5) is 22.0 Å². The Balaban J connectivity index is 1.32. The van der Waals surface area contributed by atoms with E-state index >= 15 is 0 Å². The molecule has 0 radical (unpaired) electrons. The van der Waals surface area contributed by atoms with Crippen LogP contribution in [0, 0.1) is 0 Å². The highest BCUT2D eigenvalue weighted by atomic mass is 35.5. The van der Waals surface area contributed by atoms with Gasteiger partial charge in [-0.15, -0.1) is 0 Å². The van der Waals surface area contributed by atoms with Crippen LogP contribution in [0.3, 0.4) is 0 Å². The van der Waals surface area contributed by atoms with E-state index in [0.717, 1.165) is 31.7 Å². The number of nitrogens with one attached hydrogen (secondary N) is 1. The van der Waals surface area contributed by atoms with E-state index in [4.69, 9.17) is 11.6 Å². The Morgan fingerprint density at radius 2 is 1.84 bits per heavy atom. The maximum absolute atomic E-state index is 13.1. The Bertz CT molecular complexity index is 962. The van der Waals surface area contributed by atoms with Gasteiger partial charge in [0, 0.05) is 30.6 Å². The van der Waals surface area contributed by atoms with Crippen LogP contribution in [0.15, 0.2) is 6.07 Å². The first-order valence-corrected chi connectivity index (χ1v) is 10.5. The quantitative estimate of drug-likeness (QED) is 0.433. The fourth-order valence-electron chi connectivity index (χ4n) is 3.58. The zero-order valence-electron chi connectivity index (χ0n) is 16.4. The number of carbonyl (C=O) groups is 1. The van der Waals surface area contributed by atoms with Crippen molar-refractivity contribution in [2.75, 3.05) is 6.54 Å². The molecule has 1 amide bonds. The number of alkyl halides is 5. The summed E-state index contributed by atoms with van der Waals surface area (Å²) in [6.45, 7) is 0.198. The third-order valence-corrected chi connectivity index (χ3v) is 5.77. The van der Waals surface area contributed by atoms with E-state index in [1.165, 1.54) is 9.36 Å². The highest BCUT2D eigenvalue weighted by Gasteiger charge is 2.38. The summed E-state index contributed by atoms with van der Waals surface area (Å²) in [4.78, 5) is 12.3. The summed E-state index contributed by atoms with van der Waals surface area (Å²) in [6, 6.07) is 1.09. The van der Waals surface area contributed by atoms with E-state index in [0.29, 0.717) is 17.8 Å². The second-order valence-corrected chi connectivity index (χ2v) is 8.35. The monoisotopic (exact) mass is 465 g/mol. The first-order chi connectivity index (χ1) is 14.6. The Hall–Kier alpha value is -2.17. The number of hydrogen-bond acceptors (Lipinski definition) is 3. The molecule has 2 aromatic rings. The molecule has 0 aromatic carbocycles. The van der Waals surface area contributed by atoms with Crippen molar-refractivity contribution in [3.8, 4) is 0 Å². The van der Waals surface area contributed by atoms with E-state index in [1.807, 2.05) is 0 Å². The van der Waals surface area contributed by atoms with Gasteiger partial charge in [-0.1, -0.05) is 11.6 Å². The zero-order chi connectivity index (χ0) is 22.3. The number of halogens is 6. The van der Waals surface area contributed by atoms with Gasteiger partial charge in [0.15, 0.2) is 5.69 Å². The number of rotatable bonds is 9. The summed E-state index contributed by atoms with van der Waals surface area (Å²) in [6.07, 6.45) is -3.64. The predicted molar refractivity (Wildman–Crippen MR) is 101 cm³/mol. The van der Waals surface area contributed by atoms with Crippen LogP contribution in [0.25, 0.3) is 0 Å². The van der Waals surface area contributed by atoms with Gasteiger partial charge in [-0.25, -0.2) is 8.78 Å². The van der Waals surface area contributed by atoms with Crippen molar-refractivity contribution in [1.82, 2.24) is 24.9 Å². The lowest BCUT2D eigenvalue weighted by molar-refractivity contribution is -0.141. The smallest absolute Gasteiger partial charge is 0.354 e. The normalized spacial score (nSPS) is 16.9. The van der Waals surface area contributed by atoms with Crippen LogP contribution in [0.1, 0.15) is 73.1 Å². The van der Waals surface area contributed by atoms with Crippen molar-refractivity contribution in [2.45, 2.75) is 69.6 Å². The Morgan fingerprint density at radius 1 is 1.16 bits per heavy atom. The van der Waals surface area contributed by atoms with E-state index in [-0.39, 0.29) is 36.5 Å². The van der Waals surface area contributed by atoms with Crippen molar-refractivity contribution in [1.29, 1.82) is 0 Å². The Morgan fingerprint density at radius 3 is 2.42 bits per heavy atom. The molecule has 2 heterocycles. The van der Waals surface area contributed by atoms with Gasteiger partial charge in [0.25, 0.3) is 6.43 Å². The molecule has 0 aliphatic heterocycles. The third-order valence-electron chi connectivity index (χ3n) is 5.39. The van der Waals surface area contributed by atoms with E-state index < -0.39 is 29.9 Å². The van der Waals surface area contributed by atoms with Gasteiger partial charge in [0.05, 0.1) is 10.7 Å². The second-order valence-electron chi connectivity index (χ2n) is 7.97. The number of aryl methyl sites for hydroxylation is 1. The SMILES string of the molecule is O=C(Cn1nc(C(F)F)c(Cl)c1C1CC1)NCCCn1nc(C(F)(F)F)cc1C1CC1. The molecule has 2 aromatic heterocycles. The first kappa shape index (κ1) is 22.0. The lowest BCUT2D eigenvalue weighted by Gasteiger charge is -2.10. The van der Waals surface area contributed by atoms with Gasteiger partial charge in [0.1, 0.15) is 12.2 Å². The molecule has 0 unspecified atom stereocenters. The van der Waals surface area contributed by atoms with Crippen LogP contribution in [-0.2, 0) is 24.1 Å². The average Bonchev–Trinajstić information content (AvgIpc) is 3.61. The van der Waals surface area contributed by atoms with Crippen molar-refractivity contribution in [3.63, 3.8) is 0 Å². The minimum absolute atomic E-state index is 0.0313. The molecule has 12 heteroatoms. The fourth-order valence-corrected chi connectivity index (χ4v) is 3.96. The number of carbonyl (C=O) groups excluding carboxylic acids is 1. The first-order valence-electron chi connectivity index (χ1n) is 10.1. The summed E-state index contributed by atoms with van der Waals surface area (Å²) in [5.74, 6) is -0.294. The summed E-state index contributed by atoms with van der Waals surface area (Å²) in [5, 5.41) is 10.0. The highest BCUT2D eigenvalue weighted by Crippen LogP contribution is 2.45. The predicted octanol–water partition coefficient (Wildman–Crippen LogP) is 4.65. The fraction of sp³-hybridized carbons (Fsp3) is 0.632. The summed E-state index contributed by atoms with van der Waals surface area (Å²) < 4.78 is 67.6. The average molecular weight is 466 g/mol. The number of amides is 1. The number of hydrogen-bond donors (Lipinski definition) is 1. The molecule has 2 saturated carbocycles. The molecule has 1 N–H and O–H groups in total. The summed E-state index contributed by atoms with van der Waals surface area (Å²) in [5.41, 5.74) is -0.407. The highest BCUT2D eigenvalue weighted by molar-refractivity contribution is 6.32. The number of aromatic nitrogens is 4. The molecule has 4 rings (SSSR count). The van der Waals surface area contributed by atoms with Crippen molar-refractivity contribution in [3.05, 3.63) is 33.9 Å². The lowest BCUT2D eigenvalue weighted by Crippen LogP contribution is -2.30.